The Labute approximate surface area is 238 Å². The van der Waals surface area contributed by atoms with Crippen molar-refractivity contribution >= 4 is 28.6 Å². The van der Waals surface area contributed by atoms with Crippen molar-refractivity contribution in [3.05, 3.63) is 53.3 Å². The molecule has 10 nitrogen and oxygen atoms in total. The summed E-state index contributed by atoms with van der Waals surface area (Å²) in [5.41, 5.74) is 0.966. The van der Waals surface area contributed by atoms with Gasteiger partial charge in [-0.25, -0.2) is 19.2 Å². The third-order valence-electron chi connectivity index (χ3n) is 7.03. The smallest absolute Gasteiger partial charge is 0.410 e. The molecule has 1 saturated heterocycles. The number of aryl methyl sites for hydroxylation is 1. The number of amides is 1. The Bertz CT molecular complexity index is 1600. The summed E-state index contributed by atoms with van der Waals surface area (Å²) in [6.07, 6.45) is -0.380. The molecule has 1 aliphatic rings. The normalized spacial score (nSPS) is 19.4. The highest BCUT2D eigenvalue weighted by Crippen LogP contribution is 2.36. The second-order valence-corrected chi connectivity index (χ2v) is 11.9. The predicted molar refractivity (Wildman–Crippen MR) is 155 cm³/mol. The van der Waals surface area contributed by atoms with Gasteiger partial charge in [-0.15, -0.1) is 5.10 Å². The number of ether oxygens (including phenoxy) is 3. The molecule has 0 spiro atoms. The van der Waals surface area contributed by atoms with Gasteiger partial charge in [-0.2, -0.15) is 4.52 Å². The molecule has 0 bridgehead atoms. The number of nitrogens with one attached hydrogen (secondary N) is 1. The molecule has 0 saturated carbocycles. The van der Waals surface area contributed by atoms with Crippen molar-refractivity contribution in [2.45, 2.75) is 64.8 Å². The van der Waals surface area contributed by atoms with Gasteiger partial charge in [0.15, 0.2) is 11.5 Å². The first-order valence-corrected chi connectivity index (χ1v) is 13.6. The lowest BCUT2D eigenvalue weighted by Gasteiger charge is -2.39. The summed E-state index contributed by atoms with van der Waals surface area (Å²) in [5.74, 6) is 1.88. The molecular formula is C30H37FN6O4. The van der Waals surface area contributed by atoms with E-state index in [-0.39, 0.29) is 19.5 Å². The summed E-state index contributed by atoms with van der Waals surface area (Å²) in [6, 6.07) is 11.6. The molecule has 0 radical (unpaired) electrons. The largest absolute Gasteiger partial charge is 0.497 e. The molecule has 2 aromatic heterocycles. The number of carbonyl (C=O) groups excluding carboxylic acids is 1. The van der Waals surface area contributed by atoms with Gasteiger partial charge in [0.1, 0.15) is 22.8 Å². The summed E-state index contributed by atoms with van der Waals surface area (Å²) >= 11 is 0. The number of rotatable bonds is 6. The minimum Gasteiger partial charge on any atom is -0.497 e. The maximum Gasteiger partial charge on any atom is 0.410 e. The van der Waals surface area contributed by atoms with Crippen molar-refractivity contribution < 1.29 is 23.4 Å². The molecule has 5 rings (SSSR count). The molecule has 1 unspecified atom stereocenters. The minimum atomic E-state index is -1.63. The Hall–Kier alpha value is -4.15. The topological polar surface area (TPSA) is 103 Å². The molecule has 41 heavy (non-hydrogen) atoms. The highest BCUT2D eigenvalue weighted by Gasteiger charge is 2.41. The maximum absolute atomic E-state index is 15.6. The van der Waals surface area contributed by atoms with Gasteiger partial charge in [0.25, 0.3) is 0 Å². The van der Waals surface area contributed by atoms with Crippen LogP contribution in [-0.4, -0.2) is 69.2 Å². The standard InChI is InChI=1S/C30H37FN6O4/c1-18-8-9-19(24(12-18)40-7)15-32-27-33-23-13-21(39-6)10-11-22(23)26-34-25(35-37(26)27)20-14-30(5,31)17-36(16-20)28(38)41-29(2,3)4/h8-13,20H,14-17H2,1-7H3,(H,32,33)/t20?,30-/m0/s1. The fourth-order valence-corrected chi connectivity index (χ4v) is 5.20. The lowest BCUT2D eigenvalue weighted by molar-refractivity contribution is -0.00613. The molecule has 2 atom stereocenters. The zero-order valence-corrected chi connectivity index (χ0v) is 24.6. The van der Waals surface area contributed by atoms with E-state index in [0.29, 0.717) is 35.2 Å². The van der Waals surface area contributed by atoms with E-state index in [1.807, 2.05) is 43.3 Å². The van der Waals surface area contributed by atoms with Gasteiger partial charge in [0.2, 0.25) is 5.95 Å². The summed E-state index contributed by atoms with van der Waals surface area (Å²) in [4.78, 5) is 24.0. The van der Waals surface area contributed by atoms with Gasteiger partial charge < -0.3 is 24.4 Å². The molecule has 1 amide bonds. The first-order valence-electron chi connectivity index (χ1n) is 13.6. The van der Waals surface area contributed by atoms with Crippen LogP contribution >= 0.6 is 0 Å². The molecule has 3 heterocycles. The number of nitrogens with zero attached hydrogens (tertiary/aromatic N) is 5. The average Bonchev–Trinajstić information content (AvgIpc) is 3.36. The monoisotopic (exact) mass is 564 g/mol. The van der Waals surface area contributed by atoms with Crippen LogP contribution in [0.1, 0.15) is 57.0 Å². The SMILES string of the molecule is COc1ccc2c(c1)nc(NCc1ccc(C)cc1OC)n1nc(C3CN(C(=O)OC(C)(C)C)C[C@@](C)(F)C3)nc21. The van der Waals surface area contributed by atoms with Crippen LogP contribution in [0.5, 0.6) is 11.5 Å². The minimum absolute atomic E-state index is 0.0543. The maximum atomic E-state index is 15.6. The number of hydrogen-bond acceptors (Lipinski definition) is 8. The summed E-state index contributed by atoms with van der Waals surface area (Å²) in [6.45, 7) is 9.49. The number of methoxy groups -OCH3 is 2. The number of likely N-dealkylation sites (tertiary alicyclic amines) is 1. The van der Waals surface area contributed by atoms with Gasteiger partial charge in [0.05, 0.1) is 26.3 Å². The molecule has 1 aliphatic heterocycles. The highest BCUT2D eigenvalue weighted by molar-refractivity contribution is 5.93. The van der Waals surface area contributed by atoms with Crippen molar-refractivity contribution in [1.29, 1.82) is 0 Å². The van der Waals surface area contributed by atoms with Crippen LogP contribution in [0.2, 0.25) is 0 Å². The molecule has 1 N–H and O–H groups in total. The number of aromatic nitrogens is 4. The van der Waals surface area contributed by atoms with Crippen LogP contribution in [0.15, 0.2) is 36.4 Å². The highest BCUT2D eigenvalue weighted by atomic mass is 19.1. The molecule has 2 aromatic carbocycles. The number of benzene rings is 2. The number of fused-ring (bicyclic) bond motifs is 3. The summed E-state index contributed by atoms with van der Waals surface area (Å²) in [5, 5.41) is 8.96. The Morgan fingerprint density at radius 1 is 1.15 bits per heavy atom. The predicted octanol–water partition coefficient (Wildman–Crippen LogP) is 5.67. The fraction of sp³-hybridized carbons (Fsp3) is 0.467. The van der Waals surface area contributed by atoms with E-state index in [0.717, 1.165) is 22.3 Å². The van der Waals surface area contributed by atoms with Gasteiger partial charge in [-0.3, -0.25) is 0 Å². The van der Waals surface area contributed by atoms with Gasteiger partial charge in [0, 0.05) is 36.0 Å². The van der Waals surface area contributed by atoms with Crippen LogP contribution < -0.4 is 14.8 Å². The Morgan fingerprint density at radius 3 is 2.63 bits per heavy atom. The molecule has 11 heteroatoms. The zero-order chi connectivity index (χ0) is 29.5. The first-order chi connectivity index (χ1) is 19.4. The molecule has 1 fully saturated rings. The molecular weight excluding hydrogens is 527 g/mol. The molecule has 218 valence electrons. The number of piperidine rings is 1. The van der Waals surface area contributed by atoms with E-state index in [1.165, 1.54) is 11.8 Å². The average molecular weight is 565 g/mol. The van der Waals surface area contributed by atoms with Crippen LogP contribution in [0.25, 0.3) is 16.6 Å². The third kappa shape index (κ3) is 6.13. The van der Waals surface area contributed by atoms with Crippen molar-refractivity contribution in [3.8, 4) is 11.5 Å². The van der Waals surface area contributed by atoms with Crippen LogP contribution in [-0.2, 0) is 11.3 Å². The van der Waals surface area contributed by atoms with Crippen LogP contribution in [0.4, 0.5) is 15.1 Å². The zero-order valence-electron chi connectivity index (χ0n) is 24.6. The Kier molecular flexibility index (Phi) is 7.39. The number of hydrogen-bond donors (Lipinski definition) is 1. The van der Waals surface area contributed by atoms with Crippen molar-refractivity contribution in [1.82, 2.24) is 24.5 Å². The van der Waals surface area contributed by atoms with Crippen LogP contribution in [0.3, 0.4) is 0 Å². The lowest BCUT2D eigenvalue weighted by atomic mass is 9.88. The van der Waals surface area contributed by atoms with Crippen molar-refractivity contribution in [3.63, 3.8) is 0 Å². The number of alkyl halides is 1. The molecule has 0 aliphatic carbocycles. The number of anilines is 1. The van der Waals surface area contributed by atoms with Gasteiger partial charge >= 0.3 is 6.09 Å². The van der Waals surface area contributed by atoms with Gasteiger partial charge in [-0.1, -0.05) is 12.1 Å². The van der Waals surface area contributed by atoms with E-state index >= 15 is 4.39 Å². The first kappa shape index (κ1) is 28.4. The quantitative estimate of drug-likeness (QED) is 0.320. The second-order valence-electron chi connectivity index (χ2n) is 11.9. The second kappa shape index (κ2) is 10.7. The number of carbonyl (C=O) groups is 1. The van der Waals surface area contributed by atoms with Crippen LogP contribution in [0, 0.1) is 6.92 Å². The third-order valence-corrected chi connectivity index (χ3v) is 7.03. The van der Waals surface area contributed by atoms with Crippen molar-refractivity contribution in [2.24, 2.45) is 0 Å². The Balaban J connectivity index is 1.54. The van der Waals surface area contributed by atoms with E-state index in [2.05, 4.69) is 5.32 Å². The van der Waals surface area contributed by atoms with E-state index in [1.54, 1.807) is 39.5 Å². The van der Waals surface area contributed by atoms with E-state index in [4.69, 9.17) is 29.3 Å². The molecule has 4 aromatic rings. The Morgan fingerprint density at radius 2 is 1.93 bits per heavy atom. The number of halogens is 1. The summed E-state index contributed by atoms with van der Waals surface area (Å²) < 4.78 is 33.8. The van der Waals surface area contributed by atoms with Gasteiger partial charge in [-0.05, 0) is 64.8 Å². The lowest BCUT2D eigenvalue weighted by Crippen LogP contribution is -2.50. The fourth-order valence-electron chi connectivity index (χ4n) is 5.20. The summed E-state index contributed by atoms with van der Waals surface area (Å²) in [7, 11) is 3.25. The van der Waals surface area contributed by atoms with E-state index in [9.17, 15) is 4.79 Å². The van der Waals surface area contributed by atoms with Crippen molar-refractivity contribution in [2.75, 3.05) is 32.6 Å². The van der Waals surface area contributed by atoms with E-state index < -0.39 is 23.3 Å².